The van der Waals surface area contributed by atoms with Crippen LogP contribution in [0.4, 0.5) is 11.4 Å². The lowest BCUT2D eigenvalue weighted by atomic mass is 10.2. The molecule has 1 saturated heterocycles. The highest BCUT2D eigenvalue weighted by Gasteiger charge is 2.18. The van der Waals surface area contributed by atoms with Crippen LogP contribution in [-0.2, 0) is 9.59 Å². The molecule has 2 amide bonds. The molecule has 7 nitrogen and oxygen atoms in total. The Kier molecular flexibility index (Phi) is 7.68. The molecule has 1 heterocycles. The second-order valence-electron chi connectivity index (χ2n) is 7.43. The van der Waals surface area contributed by atoms with Crippen LogP contribution in [0.3, 0.4) is 0 Å². The van der Waals surface area contributed by atoms with Crippen LogP contribution in [0.2, 0.25) is 0 Å². The first-order valence-corrected chi connectivity index (χ1v) is 10.3. The molecule has 0 bridgehead atoms. The number of anilines is 2. The third-order valence-electron chi connectivity index (χ3n) is 5.24. The number of piperazine rings is 1. The number of para-hydroxylation sites is 1. The number of carbonyl (C=O) groups excluding carboxylic acids is 2. The molecule has 0 saturated carbocycles. The minimum Gasteiger partial charge on any atom is -0.495 e. The molecular formula is C23H30N4O3. The van der Waals surface area contributed by atoms with E-state index >= 15 is 0 Å². The predicted molar refractivity (Wildman–Crippen MR) is 119 cm³/mol. The van der Waals surface area contributed by atoms with E-state index in [-0.39, 0.29) is 0 Å². The smallest absolute Gasteiger partial charge is 0.313 e. The van der Waals surface area contributed by atoms with Gasteiger partial charge in [0.25, 0.3) is 0 Å². The van der Waals surface area contributed by atoms with Gasteiger partial charge in [-0.2, -0.15) is 0 Å². The average molecular weight is 411 g/mol. The van der Waals surface area contributed by atoms with Gasteiger partial charge in [-0.25, -0.2) is 0 Å². The number of aryl methyl sites for hydroxylation is 1. The number of hydrogen-bond acceptors (Lipinski definition) is 5. The van der Waals surface area contributed by atoms with Crippen molar-refractivity contribution in [2.45, 2.75) is 13.3 Å². The number of rotatable bonds is 7. The van der Waals surface area contributed by atoms with Crippen molar-refractivity contribution in [3.05, 3.63) is 54.1 Å². The van der Waals surface area contributed by atoms with E-state index < -0.39 is 11.8 Å². The topological polar surface area (TPSA) is 73.9 Å². The van der Waals surface area contributed by atoms with Crippen molar-refractivity contribution in [2.75, 3.05) is 56.6 Å². The van der Waals surface area contributed by atoms with Crippen molar-refractivity contribution in [2.24, 2.45) is 0 Å². The molecule has 1 fully saturated rings. The van der Waals surface area contributed by atoms with E-state index in [0.29, 0.717) is 18.0 Å². The van der Waals surface area contributed by atoms with E-state index in [1.165, 1.54) is 12.8 Å². The van der Waals surface area contributed by atoms with Gasteiger partial charge < -0.3 is 20.3 Å². The third kappa shape index (κ3) is 5.97. The van der Waals surface area contributed by atoms with Gasteiger partial charge in [0.05, 0.1) is 12.8 Å². The van der Waals surface area contributed by atoms with E-state index in [1.54, 1.807) is 12.1 Å². The first kappa shape index (κ1) is 21.6. The van der Waals surface area contributed by atoms with Gasteiger partial charge >= 0.3 is 11.8 Å². The van der Waals surface area contributed by atoms with Gasteiger partial charge in [0.2, 0.25) is 0 Å². The van der Waals surface area contributed by atoms with Crippen molar-refractivity contribution in [3.63, 3.8) is 0 Å². The fourth-order valence-corrected chi connectivity index (χ4v) is 3.55. The Morgan fingerprint density at radius 3 is 2.43 bits per heavy atom. The highest BCUT2D eigenvalue weighted by atomic mass is 16.5. The van der Waals surface area contributed by atoms with Crippen molar-refractivity contribution >= 4 is 23.2 Å². The Morgan fingerprint density at radius 1 is 1.00 bits per heavy atom. The molecule has 160 valence electrons. The number of amides is 2. The zero-order valence-corrected chi connectivity index (χ0v) is 17.7. The zero-order valence-electron chi connectivity index (χ0n) is 17.7. The summed E-state index contributed by atoms with van der Waals surface area (Å²) in [7, 11) is 1.53. The minimum atomic E-state index is -0.685. The molecule has 0 spiro atoms. The van der Waals surface area contributed by atoms with Crippen molar-refractivity contribution in [1.82, 2.24) is 10.2 Å². The summed E-state index contributed by atoms with van der Waals surface area (Å²) in [5.41, 5.74) is 2.73. The molecule has 1 aliphatic heterocycles. The number of methoxy groups -OCH3 is 1. The lowest BCUT2D eigenvalue weighted by Crippen LogP contribution is -2.47. The minimum absolute atomic E-state index is 0.468. The molecule has 3 rings (SSSR count). The average Bonchev–Trinajstić information content (AvgIpc) is 2.77. The van der Waals surface area contributed by atoms with Crippen LogP contribution in [0.25, 0.3) is 0 Å². The van der Waals surface area contributed by atoms with Crippen molar-refractivity contribution in [3.8, 4) is 5.75 Å². The molecule has 0 unspecified atom stereocenters. The number of carbonyl (C=O) groups is 2. The number of benzene rings is 2. The van der Waals surface area contributed by atoms with E-state index in [9.17, 15) is 9.59 Å². The first-order valence-electron chi connectivity index (χ1n) is 10.3. The van der Waals surface area contributed by atoms with Crippen LogP contribution in [0.1, 0.15) is 12.0 Å². The summed E-state index contributed by atoms with van der Waals surface area (Å²) in [6.45, 7) is 7.27. The fourth-order valence-electron chi connectivity index (χ4n) is 3.55. The predicted octanol–water partition coefficient (Wildman–Crippen LogP) is 2.27. The summed E-state index contributed by atoms with van der Waals surface area (Å²) < 4.78 is 5.23. The van der Waals surface area contributed by atoms with E-state index in [4.69, 9.17) is 4.74 Å². The van der Waals surface area contributed by atoms with Gasteiger partial charge in [0.1, 0.15) is 5.75 Å². The quantitative estimate of drug-likeness (QED) is 0.541. The maximum atomic E-state index is 12.2. The van der Waals surface area contributed by atoms with Crippen LogP contribution in [0, 0.1) is 6.92 Å². The van der Waals surface area contributed by atoms with Gasteiger partial charge in [-0.1, -0.05) is 24.3 Å². The number of hydrogen-bond donors (Lipinski definition) is 2. The maximum absolute atomic E-state index is 12.2. The molecule has 0 aliphatic carbocycles. The monoisotopic (exact) mass is 410 g/mol. The summed E-state index contributed by atoms with van der Waals surface area (Å²) in [5.74, 6) is -0.792. The Bertz CT molecular complexity index is 849. The van der Waals surface area contributed by atoms with Crippen LogP contribution in [-0.4, -0.2) is 63.1 Å². The molecule has 7 heteroatoms. The number of ether oxygens (including phenoxy) is 1. The molecule has 0 radical (unpaired) electrons. The molecule has 2 aromatic carbocycles. The van der Waals surface area contributed by atoms with Gasteiger partial charge in [-0.3, -0.25) is 14.5 Å². The Morgan fingerprint density at radius 2 is 1.73 bits per heavy atom. The lowest BCUT2D eigenvalue weighted by Gasteiger charge is -2.36. The summed E-state index contributed by atoms with van der Waals surface area (Å²) in [6.07, 6.45) is 0.804. The van der Waals surface area contributed by atoms with Crippen molar-refractivity contribution < 1.29 is 14.3 Å². The zero-order chi connectivity index (χ0) is 21.3. The van der Waals surface area contributed by atoms with Crippen LogP contribution in [0.15, 0.2) is 48.5 Å². The summed E-state index contributed by atoms with van der Waals surface area (Å²) in [5, 5.41) is 5.32. The highest BCUT2D eigenvalue weighted by molar-refractivity contribution is 6.39. The second kappa shape index (κ2) is 10.6. The number of nitrogens with zero attached hydrogens (tertiary/aromatic N) is 2. The Labute approximate surface area is 178 Å². The van der Waals surface area contributed by atoms with Gasteiger partial charge in [0, 0.05) is 38.4 Å². The lowest BCUT2D eigenvalue weighted by molar-refractivity contribution is -0.136. The normalized spacial score (nSPS) is 14.3. The second-order valence-corrected chi connectivity index (χ2v) is 7.43. The van der Waals surface area contributed by atoms with Crippen LogP contribution in [0.5, 0.6) is 5.75 Å². The molecular weight excluding hydrogens is 380 g/mol. The van der Waals surface area contributed by atoms with Gasteiger partial charge in [0.15, 0.2) is 0 Å². The number of nitrogens with one attached hydrogen (secondary N) is 2. The maximum Gasteiger partial charge on any atom is 0.313 e. The molecule has 2 N–H and O–H groups in total. The highest BCUT2D eigenvalue weighted by Crippen LogP contribution is 2.25. The van der Waals surface area contributed by atoms with Gasteiger partial charge in [-0.05, 0) is 49.7 Å². The molecule has 0 atom stereocenters. The molecule has 2 aromatic rings. The standard InChI is InChI=1S/C23H30N4O3/c1-18-9-10-21(30-2)20(17-18)25-23(29)22(28)24-11-6-12-26-13-15-27(16-14-26)19-7-4-3-5-8-19/h3-5,7-10,17H,6,11-16H2,1-2H3,(H,24,28)(H,25,29). The summed E-state index contributed by atoms with van der Waals surface area (Å²) in [6, 6.07) is 15.9. The summed E-state index contributed by atoms with van der Waals surface area (Å²) >= 11 is 0. The summed E-state index contributed by atoms with van der Waals surface area (Å²) in [4.78, 5) is 29.0. The van der Waals surface area contributed by atoms with Crippen LogP contribution < -0.4 is 20.3 Å². The van der Waals surface area contributed by atoms with Crippen LogP contribution >= 0.6 is 0 Å². The van der Waals surface area contributed by atoms with E-state index in [0.717, 1.165) is 44.7 Å². The Hall–Kier alpha value is -3.06. The first-order chi connectivity index (χ1) is 14.6. The SMILES string of the molecule is COc1ccc(C)cc1NC(=O)C(=O)NCCCN1CCN(c2ccccc2)CC1. The Balaban J connectivity index is 1.35. The fraction of sp³-hybridized carbons (Fsp3) is 0.391. The van der Waals surface area contributed by atoms with Gasteiger partial charge in [-0.15, -0.1) is 0 Å². The third-order valence-corrected chi connectivity index (χ3v) is 5.24. The van der Waals surface area contributed by atoms with Crippen molar-refractivity contribution in [1.29, 1.82) is 0 Å². The molecule has 30 heavy (non-hydrogen) atoms. The largest absolute Gasteiger partial charge is 0.495 e. The van der Waals surface area contributed by atoms with E-state index in [1.807, 2.05) is 19.1 Å². The molecule has 0 aromatic heterocycles. The van der Waals surface area contributed by atoms with E-state index in [2.05, 4.69) is 44.7 Å². The molecule has 1 aliphatic rings.